The fourth-order valence-corrected chi connectivity index (χ4v) is 2.94. The van der Waals surface area contributed by atoms with E-state index >= 15 is 0 Å². The second-order valence-corrected chi connectivity index (χ2v) is 5.80. The molecule has 0 radical (unpaired) electrons. The van der Waals surface area contributed by atoms with E-state index < -0.39 is 0 Å². The van der Waals surface area contributed by atoms with Gasteiger partial charge in [0, 0.05) is 10.9 Å². The average Bonchev–Trinajstić information content (AvgIpc) is 2.39. The highest BCUT2D eigenvalue weighted by Gasteiger charge is 2.16. The second kappa shape index (κ2) is 8.82. The van der Waals surface area contributed by atoms with Crippen molar-refractivity contribution in [3.05, 3.63) is 34.9 Å². The standard InChI is InChI=1S/C16H24Cl2/c1-3-5-7-13(4-2)10-15(12-17)14-8-6-9-16(18)11-14/h6,8-9,11,13,15H,3-5,7,10,12H2,1-2H3. The van der Waals surface area contributed by atoms with Crippen molar-refractivity contribution in [3.63, 3.8) is 0 Å². The van der Waals surface area contributed by atoms with Crippen LogP contribution in [-0.2, 0) is 0 Å². The molecule has 0 spiro atoms. The summed E-state index contributed by atoms with van der Waals surface area (Å²) >= 11 is 12.2. The highest BCUT2D eigenvalue weighted by Crippen LogP contribution is 2.30. The topological polar surface area (TPSA) is 0 Å². The zero-order chi connectivity index (χ0) is 13.4. The van der Waals surface area contributed by atoms with Gasteiger partial charge >= 0.3 is 0 Å². The van der Waals surface area contributed by atoms with Gasteiger partial charge in [-0.05, 0) is 36.0 Å². The monoisotopic (exact) mass is 286 g/mol. The zero-order valence-electron chi connectivity index (χ0n) is 11.5. The molecule has 0 saturated carbocycles. The smallest absolute Gasteiger partial charge is 0.0408 e. The van der Waals surface area contributed by atoms with Gasteiger partial charge in [0.2, 0.25) is 0 Å². The predicted molar refractivity (Wildman–Crippen MR) is 82.8 cm³/mol. The molecule has 1 aromatic carbocycles. The van der Waals surface area contributed by atoms with Crippen molar-refractivity contribution in [1.82, 2.24) is 0 Å². The lowest BCUT2D eigenvalue weighted by molar-refractivity contribution is 0.396. The van der Waals surface area contributed by atoms with Gasteiger partial charge in [0.15, 0.2) is 0 Å². The third-order valence-corrected chi connectivity index (χ3v) is 4.28. The van der Waals surface area contributed by atoms with Gasteiger partial charge in [0.05, 0.1) is 0 Å². The number of halogens is 2. The SMILES string of the molecule is CCCCC(CC)CC(CCl)c1cccc(Cl)c1. The van der Waals surface area contributed by atoms with E-state index in [2.05, 4.69) is 26.0 Å². The molecule has 2 heteroatoms. The summed E-state index contributed by atoms with van der Waals surface area (Å²) in [5.74, 6) is 1.91. The van der Waals surface area contributed by atoms with Crippen LogP contribution in [0.4, 0.5) is 0 Å². The van der Waals surface area contributed by atoms with Crippen LogP contribution in [0.1, 0.15) is 57.4 Å². The Morgan fingerprint density at radius 1 is 1.22 bits per heavy atom. The molecule has 2 unspecified atom stereocenters. The number of rotatable bonds is 8. The molecule has 0 N–H and O–H groups in total. The predicted octanol–water partition coefficient (Wildman–Crippen LogP) is 6.27. The molecule has 0 saturated heterocycles. The van der Waals surface area contributed by atoms with E-state index in [-0.39, 0.29) is 0 Å². The minimum Gasteiger partial charge on any atom is -0.126 e. The van der Waals surface area contributed by atoms with E-state index in [0.29, 0.717) is 11.8 Å². The van der Waals surface area contributed by atoms with Crippen LogP contribution in [0.15, 0.2) is 24.3 Å². The second-order valence-electron chi connectivity index (χ2n) is 5.06. The van der Waals surface area contributed by atoms with Gasteiger partial charge in [0.25, 0.3) is 0 Å². The minimum atomic E-state index is 0.437. The summed E-state index contributed by atoms with van der Waals surface area (Å²) in [6.07, 6.45) is 6.34. The van der Waals surface area contributed by atoms with E-state index in [4.69, 9.17) is 23.2 Å². The molecule has 2 atom stereocenters. The van der Waals surface area contributed by atoms with Crippen molar-refractivity contribution in [3.8, 4) is 0 Å². The summed E-state index contributed by atoms with van der Waals surface area (Å²) in [6, 6.07) is 8.14. The Balaban J connectivity index is 2.65. The number of benzene rings is 1. The quantitative estimate of drug-likeness (QED) is 0.494. The van der Waals surface area contributed by atoms with Gasteiger partial charge in [-0.3, -0.25) is 0 Å². The fourth-order valence-electron chi connectivity index (χ4n) is 2.43. The molecule has 0 bridgehead atoms. The van der Waals surface area contributed by atoms with E-state index in [1.165, 1.54) is 37.7 Å². The largest absolute Gasteiger partial charge is 0.126 e. The van der Waals surface area contributed by atoms with Gasteiger partial charge in [-0.25, -0.2) is 0 Å². The third-order valence-electron chi connectivity index (χ3n) is 3.67. The van der Waals surface area contributed by atoms with Gasteiger partial charge in [0.1, 0.15) is 0 Å². The van der Waals surface area contributed by atoms with Crippen LogP contribution in [0.25, 0.3) is 0 Å². The molecule has 0 aliphatic carbocycles. The summed E-state index contributed by atoms with van der Waals surface area (Å²) in [5, 5.41) is 0.809. The lowest BCUT2D eigenvalue weighted by Crippen LogP contribution is -2.09. The Morgan fingerprint density at radius 2 is 2.00 bits per heavy atom. The maximum Gasteiger partial charge on any atom is 0.0408 e. The molecule has 18 heavy (non-hydrogen) atoms. The minimum absolute atomic E-state index is 0.437. The molecule has 0 heterocycles. The average molecular weight is 287 g/mol. The van der Waals surface area contributed by atoms with Gasteiger partial charge < -0.3 is 0 Å². The molecule has 1 aromatic rings. The van der Waals surface area contributed by atoms with Crippen LogP contribution >= 0.6 is 23.2 Å². The van der Waals surface area contributed by atoms with Crippen molar-refractivity contribution in [2.24, 2.45) is 5.92 Å². The number of hydrogen-bond acceptors (Lipinski definition) is 0. The Hall–Kier alpha value is -0.200. The lowest BCUT2D eigenvalue weighted by atomic mass is 9.86. The summed E-state index contributed by atoms with van der Waals surface area (Å²) in [7, 11) is 0. The molecule has 0 aliphatic rings. The molecule has 0 aromatic heterocycles. The van der Waals surface area contributed by atoms with E-state index in [1.54, 1.807) is 0 Å². The van der Waals surface area contributed by atoms with E-state index in [0.717, 1.165) is 10.9 Å². The first-order chi connectivity index (χ1) is 8.71. The van der Waals surface area contributed by atoms with E-state index in [9.17, 15) is 0 Å². The zero-order valence-corrected chi connectivity index (χ0v) is 13.0. The van der Waals surface area contributed by atoms with Crippen LogP contribution in [-0.4, -0.2) is 5.88 Å². The summed E-state index contributed by atoms with van der Waals surface area (Å²) in [5.41, 5.74) is 1.28. The first-order valence-corrected chi connectivity index (χ1v) is 7.93. The maximum atomic E-state index is 6.15. The number of unbranched alkanes of at least 4 members (excludes halogenated alkanes) is 1. The summed E-state index contributed by atoms with van der Waals surface area (Å²) in [4.78, 5) is 0. The van der Waals surface area contributed by atoms with Crippen LogP contribution in [0, 0.1) is 5.92 Å². The van der Waals surface area contributed by atoms with Gasteiger partial charge in [-0.1, -0.05) is 63.3 Å². The first kappa shape index (κ1) is 15.9. The Morgan fingerprint density at radius 3 is 2.56 bits per heavy atom. The molecule has 1 rings (SSSR count). The van der Waals surface area contributed by atoms with Crippen molar-refractivity contribution in [1.29, 1.82) is 0 Å². The molecule has 0 fully saturated rings. The Labute approximate surface area is 122 Å². The van der Waals surface area contributed by atoms with Gasteiger partial charge in [-0.2, -0.15) is 0 Å². The first-order valence-electron chi connectivity index (χ1n) is 7.02. The lowest BCUT2D eigenvalue weighted by Gasteiger charge is -2.21. The van der Waals surface area contributed by atoms with Gasteiger partial charge in [-0.15, -0.1) is 11.6 Å². The normalized spacial score (nSPS) is 14.4. The van der Waals surface area contributed by atoms with E-state index in [1.807, 2.05) is 12.1 Å². The molecule has 0 nitrogen and oxygen atoms in total. The van der Waals surface area contributed by atoms with Crippen molar-refractivity contribution >= 4 is 23.2 Å². The summed E-state index contributed by atoms with van der Waals surface area (Å²) < 4.78 is 0. The maximum absolute atomic E-state index is 6.15. The molecular formula is C16H24Cl2. The van der Waals surface area contributed by atoms with Crippen molar-refractivity contribution in [2.75, 3.05) is 5.88 Å². The van der Waals surface area contributed by atoms with Crippen LogP contribution in [0.5, 0.6) is 0 Å². The molecule has 102 valence electrons. The molecule has 0 aliphatic heterocycles. The van der Waals surface area contributed by atoms with Crippen LogP contribution in [0.3, 0.4) is 0 Å². The van der Waals surface area contributed by atoms with Crippen LogP contribution in [0.2, 0.25) is 5.02 Å². The molecule has 0 amide bonds. The fraction of sp³-hybridized carbons (Fsp3) is 0.625. The number of hydrogen-bond donors (Lipinski definition) is 0. The molecular weight excluding hydrogens is 263 g/mol. The van der Waals surface area contributed by atoms with Crippen LogP contribution < -0.4 is 0 Å². The number of alkyl halides is 1. The highest BCUT2D eigenvalue weighted by molar-refractivity contribution is 6.30. The Bertz CT molecular complexity index is 336. The third kappa shape index (κ3) is 5.20. The Kier molecular flexibility index (Phi) is 7.77. The summed E-state index contributed by atoms with van der Waals surface area (Å²) in [6.45, 7) is 4.53. The van der Waals surface area contributed by atoms with Crippen molar-refractivity contribution < 1.29 is 0 Å². The highest BCUT2D eigenvalue weighted by atomic mass is 35.5. The van der Waals surface area contributed by atoms with Crippen molar-refractivity contribution in [2.45, 2.75) is 51.9 Å².